The summed E-state index contributed by atoms with van der Waals surface area (Å²) < 4.78 is 11.0. The molecule has 0 aliphatic heterocycles. The van der Waals surface area contributed by atoms with Crippen molar-refractivity contribution in [2.45, 2.75) is 0 Å². The van der Waals surface area contributed by atoms with Crippen LogP contribution in [-0.2, 0) is 0 Å². The summed E-state index contributed by atoms with van der Waals surface area (Å²) in [6.45, 7) is 0.648. The molecule has 0 aliphatic rings. The number of amides is 2. The lowest BCUT2D eigenvalue weighted by Crippen LogP contribution is -2.18. The Hall–Kier alpha value is -3.36. The zero-order chi connectivity index (χ0) is 18.8. The van der Waals surface area contributed by atoms with E-state index in [2.05, 4.69) is 0 Å². The van der Waals surface area contributed by atoms with Gasteiger partial charge in [-0.3, -0.25) is 20.0 Å². The monoisotopic (exact) mass is 358 g/mol. The Labute approximate surface area is 149 Å². The molecule has 0 bridgehead atoms. The summed E-state index contributed by atoms with van der Waals surface area (Å²) in [6, 6.07) is 12.6. The Balaban J connectivity index is 1.71. The molecule has 0 fully saturated rings. The predicted octanol–water partition coefficient (Wildman–Crippen LogP) is 1.94. The van der Waals surface area contributed by atoms with Gasteiger partial charge >= 0.3 is 0 Å². The maximum absolute atomic E-state index is 11.2. The lowest BCUT2D eigenvalue weighted by molar-refractivity contribution is 0.0702. The van der Waals surface area contributed by atoms with Gasteiger partial charge in [-0.05, 0) is 60.7 Å². The average Bonchev–Trinajstić information content (AvgIpc) is 2.70. The molecule has 8 nitrogen and oxygen atoms in total. The van der Waals surface area contributed by atoms with Gasteiger partial charge in [0.2, 0.25) is 0 Å². The first kappa shape index (κ1) is 19.0. The Morgan fingerprint density at radius 2 is 1.08 bits per heavy atom. The van der Waals surface area contributed by atoms with Crippen LogP contribution in [0.4, 0.5) is 0 Å². The molecular formula is C18H18N2O6. The number of ether oxygens (including phenoxy) is 2. The van der Waals surface area contributed by atoms with Crippen molar-refractivity contribution in [2.24, 2.45) is 0 Å². The summed E-state index contributed by atoms with van der Waals surface area (Å²) >= 11 is 0. The van der Waals surface area contributed by atoms with E-state index in [9.17, 15) is 9.59 Å². The molecule has 0 saturated carbocycles. The van der Waals surface area contributed by atoms with Gasteiger partial charge in [0.15, 0.2) is 0 Å². The van der Waals surface area contributed by atoms with Crippen molar-refractivity contribution >= 4 is 11.8 Å². The molecule has 2 aromatic rings. The first-order valence-corrected chi connectivity index (χ1v) is 7.63. The third-order valence-electron chi connectivity index (χ3n) is 3.30. The van der Waals surface area contributed by atoms with Crippen LogP contribution >= 0.6 is 0 Å². The third-order valence-corrected chi connectivity index (χ3v) is 3.30. The maximum atomic E-state index is 11.2. The first-order valence-electron chi connectivity index (χ1n) is 7.63. The van der Waals surface area contributed by atoms with Gasteiger partial charge in [0, 0.05) is 11.1 Å². The number of rotatable bonds is 8. The van der Waals surface area contributed by atoms with E-state index in [1.54, 1.807) is 47.4 Å². The Morgan fingerprint density at radius 1 is 0.731 bits per heavy atom. The minimum Gasteiger partial charge on any atom is -0.490 e. The van der Waals surface area contributed by atoms with Gasteiger partial charge in [-0.1, -0.05) is 0 Å². The van der Waals surface area contributed by atoms with Gasteiger partial charge in [-0.2, -0.15) is 0 Å². The number of carbonyl (C=O) groups excluding carboxylic acids is 2. The van der Waals surface area contributed by atoms with E-state index >= 15 is 0 Å². The molecule has 136 valence electrons. The second-order valence-electron chi connectivity index (χ2n) is 5.02. The van der Waals surface area contributed by atoms with Crippen molar-refractivity contribution in [3.63, 3.8) is 0 Å². The fourth-order valence-corrected chi connectivity index (χ4v) is 1.96. The molecule has 0 spiro atoms. The third kappa shape index (κ3) is 5.62. The SMILES string of the molecule is O=C(NO)c1ccc(OC/C=C/COc2ccc(C(=O)NO)cc2)cc1. The highest BCUT2D eigenvalue weighted by Crippen LogP contribution is 2.13. The lowest BCUT2D eigenvalue weighted by atomic mass is 10.2. The van der Waals surface area contributed by atoms with E-state index in [-0.39, 0.29) is 0 Å². The first-order chi connectivity index (χ1) is 12.6. The molecular weight excluding hydrogens is 340 g/mol. The number of nitrogens with one attached hydrogen (secondary N) is 2. The Bertz CT molecular complexity index is 691. The molecule has 2 amide bonds. The summed E-state index contributed by atoms with van der Waals surface area (Å²) in [5, 5.41) is 17.1. The molecule has 2 rings (SSSR count). The van der Waals surface area contributed by atoms with E-state index in [0.717, 1.165) is 0 Å². The topological polar surface area (TPSA) is 117 Å². The van der Waals surface area contributed by atoms with Crippen LogP contribution in [-0.4, -0.2) is 35.4 Å². The van der Waals surface area contributed by atoms with E-state index in [4.69, 9.17) is 19.9 Å². The van der Waals surface area contributed by atoms with Crippen molar-refractivity contribution in [1.29, 1.82) is 0 Å². The molecule has 4 N–H and O–H groups in total. The second kappa shape index (κ2) is 9.82. The van der Waals surface area contributed by atoms with Gasteiger partial charge in [-0.25, -0.2) is 11.0 Å². The highest BCUT2D eigenvalue weighted by Gasteiger charge is 2.04. The van der Waals surface area contributed by atoms with Gasteiger partial charge in [0.1, 0.15) is 24.7 Å². The summed E-state index contributed by atoms with van der Waals surface area (Å²) in [5.41, 5.74) is 3.76. The number of hydroxylamine groups is 2. The summed E-state index contributed by atoms with van der Waals surface area (Å²) in [5.74, 6) is 0.00264. The maximum Gasteiger partial charge on any atom is 0.274 e. The van der Waals surface area contributed by atoms with Crippen LogP contribution in [0.3, 0.4) is 0 Å². The molecule has 0 heterocycles. The molecule has 0 aromatic heterocycles. The molecule has 0 atom stereocenters. The number of carbonyl (C=O) groups is 2. The summed E-state index contributed by atoms with van der Waals surface area (Å²) in [6.07, 6.45) is 3.56. The lowest BCUT2D eigenvalue weighted by Gasteiger charge is -2.05. The van der Waals surface area contributed by atoms with Gasteiger partial charge < -0.3 is 9.47 Å². The number of hydrogen-bond donors (Lipinski definition) is 4. The van der Waals surface area contributed by atoms with Crippen LogP contribution in [0.1, 0.15) is 20.7 Å². The van der Waals surface area contributed by atoms with Crippen molar-refractivity contribution < 1.29 is 29.5 Å². The minimum absolute atomic E-state index is 0.324. The van der Waals surface area contributed by atoms with Gasteiger partial charge in [0.25, 0.3) is 11.8 Å². The molecule has 0 saturated heterocycles. The van der Waals surface area contributed by atoms with Crippen molar-refractivity contribution in [2.75, 3.05) is 13.2 Å². The molecule has 0 radical (unpaired) electrons. The normalized spacial score (nSPS) is 10.4. The second-order valence-corrected chi connectivity index (χ2v) is 5.02. The predicted molar refractivity (Wildman–Crippen MR) is 91.5 cm³/mol. The molecule has 2 aromatic carbocycles. The Kier molecular flexibility index (Phi) is 7.17. The van der Waals surface area contributed by atoms with Crippen molar-refractivity contribution in [1.82, 2.24) is 11.0 Å². The fourth-order valence-electron chi connectivity index (χ4n) is 1.96. The molecule has 0 aliphatic carbocycles. The van der Waals surface area contributed by atoms with Crippen molar-refractivity contribution in [3.8, 4) is 11.5 Å². The quantitative estimate of drug-likeness (QED) is 0.325. The fraction of sp³-hybridized carbons (Fsp3) is 0.111. The molecule has 0 unspecified atom stereocenters. The van der Waals surface area contributed by atoms with Crippen LogP contribution in [0.5, 0.6) is 11.5 Å². The average molecular weight is 358 g/mol. The van der Waals surface area contributed by atoms with Crippen LogP contribution in [0, 0.1) is 0 Å². The van der Waals surface area contributed by atoms with Crippen LogP contribution in [0.25, 0.3) is 0 Å². The van der Waals surface area contributed by atoms with Crippen LogP contribution < -0.4 is 20.4 Å². The molecule has 8 heteroatoms. The van der Waals surface area contributed by atoms with E-state index in [1.165, 1.54) is 24.3 Å². The zero-order valence-corrected chi connectivity index (χ0v) is 13.7. The number of hydrogen-bond acceptors (Lipinski definition) is 6. The van der Waals surface area contributed by atoms with E-state index in [0.29, 0.717) is 35.8 Å². The van der Waals surface area contributed by atoms with Gasteiger partial charge in [0.05, 0.1) is 0 Å². The largest absolute Gasteiger partial charge is 0.490 e. The zero-order valence-electron chi connectivity index (χ0n) is 13.7. The highest BCUT2D eigenvalue weighted by molar-refractivity contribution is 5.93. The minimum atomic E-state index is -0.585. The van der Waals surface area contributed by atoms with Gasteiger partial charge in [-0.15, -0.1) is 0 Å². The highest BCUT2D eigenvalue weighted by atomic mass is 16.5. The summed E-state index contributed by atoms with van der Waals surface area (Å²) in [7, 11) is 0. The molecule has 26 heavy (non-hydrogen) atoms. The standard InChI is InChI=1S/C18H18N2O6/c21-17(19-23)13-3-7-15(8-4-13)25-11-1-2-12-26-16-9-5-14(6-10-16)18(22)20-24/h1-10,23-24H,11-12H2,(H,19,21)(H,20,22)/b2-1+. The smallest absolute Gasteiger partial charge is 0.274 e. The number of benzene rings is 2. The summed E-state index contributed by atoms with van der Waals surface area (Å²) in [4.78, 5) is 22.4. The van der Waals surface area contributed by atoms with E-state index in [1.807, 2.05) is 0 Å². The Morgan fingerprint density at radius 3 is 1.38 bits per heavy atom. The van der Waals surface area contributed by atoms with Crippen molar-refractivity contribution in [3.05, 3.63) is 71.8 Å². The van der Waals surface area contributed by atoms with Crippen LogP contribution in [0.15, 0.2) is 60.7 Å². The van der Waals surface area contributed by atoms with E-state index < -0.39 is 11.8 Å². The van der Waals surface area contributed by atoms with Crippen LogP contribution in [0.2, 0.25) is 0 Å².